The Morgan fingerprint density at radius 3 is 2.57 bits per heavy atom. The molecule has 2 rings (SSSR count). The van der Waals surface area contributed by atoms with Crippen molar-refractivity contribution in [1.29, 1.82) is 0 Å². The number of benzene rings is 2. The highest BCUT2D eigenvalue weighted by molar-refractivity contribution is 6.31. The van der Waals surface area contributed by atoms with E-state index < -0.39 is 11.8 Å². The minimum Gasteiger partial charge on any atom is -0.497 e. The summed E-state index contributed by atoms with van der Waals surface area (Å²) in [4.78, 5) is 11.9. The van der Waals surface area contributed by atoms with E-state index in [4.69, 9.17) is 16.3 Å². The molecule has 0 aliphatic carbocycles. The number of anilines is 2. The smallest absolute Gasteiger partial charge is 0.323 e. The normalized spacial score (nSPS) is 10.1. The van der Waals surface area contributed by atoms with Crippen LogP contribution in [0.1, 0.15) is 5.56 Å². The zero-order valence-electron chi connectivity index (χ0n) is 11.5. The highest BCUT2D eigenvalue weighted by Crippen LogP contribution is 2.23. The van der Waals surface area contributed by atoms with E-state index in [1.165, 1.54) is 12.1 Å². The molecule has 2 aromatic carbocycles. The number of nitrogens with one attached hydrogen (secondary N) is 2. The van der Waals surface area contributed by atoms with E-state index in [9.17, 15) is 9.18 Å². The van der Waals surface area contributed by atoms with Gasteiger partial charge in [0.1, 0.15) is 5.75 Å². The molecule has 0 radical (unpaired) electrons. The molecule has 110 valence electrons. The van der Waals surface area contributed by atoms with Crippen LogP contribution in [-0.4, -0.2) is 13.1 Å². The van der Waals surface area contributed by atoms with Gasteiger partial charge in [-0.25, -0.2) is 9.18 Å². The van der Waals surface area contributed by atoms with Gasteiger partial charge in [-0.2, -0.15) is 0 Å². The predicted molar refractivity (Wildman–Crippen MR) is 81.8 cm³/mol. The summed E-state index contributed by atoms with van der Waals surface area (Å²) in [5.41, 5.74) is 1.46. The fourth-order valence-electron chi connectivity index (χ4n) is 1.78. The average Bonchev–Trinajstić information content (AvgIpc) is 2.46. The Labute approximate surface area is 126 Å². The topological polar surface area (TPSA) is 50.4 Å². The Balaban J connectivity index is 2.10. The van der Waals surface area contributed by atoms with Gasteiger partial charge in [-0.05, 0) is 42.8 Å². The second-order valence-electron chi connectivity index (χ2n) is 4.36. The zero-order valence-corrected chi connectivity index (χ0v) is 12.3. The lowest BCUT2D eigenvalue weighted by molar-refractivity contribution is 0.262. The molecule has 0 fully saturated rings. The lowest BCUT2D eigenvalue weighted by Gasteiger charge is -2.11. The van der Waals surface area contributed by atoms with Crippen LogP contribution >= 0.6 is 11.6 Å². The summed E-state index contributed by atoms with van der Waals surface area (Å²) in [5.74, 6) is 0.0279. The number of hydrogen-bond acceptors (Lipinski definition) is 2. The van der Waals surface area contributed by atoms with Crippen molar-refractivity contribution in [3.8, 4) is 5.75 Å². The maximum Gasteiger partial charge on any atom is 0.323 e. The van der Waals surface area contributed by atoms with Crippen molar-refractivity contribution in [2.24, 2.45) is 0 Å². The molecule has 0 heterocycles. The summed E-state index contributed by atoms with van der Waals surface area (Å²) in [5, 5.41) is 5.01. The molecule has 0 aromatic heterocycles. The van der Waals surface area contributed by atoms with Crippen LogP contribution in [-0.2, 0) is 0 Å². The quantitative estimate of drug-likeness (QED) is 0.880. The molecule has 21 heavy (non-hydrogen) atoms. The molecule has 0 unspecified atom stereocenters. The molecular weight excluding hydrogens is 295 g/mol. The van der Waals surface area contributed by atoms with E-state index in [1.54, 1.807) is 31.4 Å². The monoisotopic (exact) mass is 308 g/mol. The second-order valence-corrected chi connectivity index (χ2v) is 4.77. The SMILES string of the molecule is COc1ccc(NC(=O)Nc2cccc(Cl)c2F)c(C)c1. The number of halogens is 2. The highest BCUT2D eigenvalue weighted by atomic mass is 35.5. The highest BCUT2D eigenvalue weighted by Gasteiger charge is 2.10. The van der Waals surface area contributed by atoms with Gasteiger partial charge < -0.3 is 15.4 Å². The molecule has 0 atom stereocenters. The standard InChI is InChI=1S/C15H14ClFN2O2/c1-9-8-10(21-2)6-7-12(9)18-15(20)19-13-5-3-4-11(16)14(13)17/h3-8H,1-2H3,(H2,18,19,20). The average molecular weight is 309 g/mol. The van der Waals surface area contributed by atoms with Crippen LogP contribution in [0.4, 0.5) is 20.6 Å². The number of ether oxygens (including phenoxy) is 1. The van der Waals surface area contributed by atoms with Crippen LogP contribution in [0.2, 0.25) is 5.02 Å². The van der Waals surface area contributed by atoms with Crippen LogP contribution < -0.4 is 15.4 Å². The fourth-order valence-corrected chi connectivity index (χ4v) is 1.95. The first-order valence-electron chi connectivity index (χ1n) is 6.18. The third-order valence-electron chi connectivity index (χ3n) is 2.88. The predicted octanol–water partition coefficient (Wildman–Crippen LogP) is 4.44. The van der Waals surface area contributed by atoms with Gasteiger partial charge >= 0.3 is 6.03 Å². The molecule has 0 bridgehead atoms. The Bertz CT molecular complexity index is 677. The van der Waals surface area contributed by atoms with Crippen molar-refractivity contribution in [2.75, 3.05) is 17.7 Å². The van der Waals surface area contributed by atoms with E-state index in [1.807, 2.05) is 6.92 Å². The molecule has 0 saturated carbocycles. The molecule has 4 nitrogen and oxygen atoms in total. The second kappa shape index (κ2) is 6.45. The van der Waals surface area contributed by atoms with Crippen LogP contribution in [0.25, 0.3) is 0 Å². The Morgan fingerprint density at radius 1 is 1.19 bits per heavy atom. The number of hydrogen-bond donors (Lipinski definition) is 2. The van der Waals surface area contributed by atoms with Gasteiger partial charge in [0.25, 0.3) is 0 Å². The van der Waals surface area contributed by atoms with Gasteiger partial charge in [-0.3, -0.25) is 0 Å². The summed E-state index contributed by atoms with van der Waals surface area (Å²) in [6.45, 7) is 1.83. The lowest BCUT2D eigenvalue weighted by atomic mass is 10.2. The first-order valence-corrected chi connectivity index (χ1v) is 6.55. The summed E-state index contributed by atoms with van der Waals surface area (Å²) in [6, 6.07) is 9.07. The fraction of sp³-hybridized carbons (Fsp3) is 0.133. The van der Waals surface area contributed by atoms with Gasteiger partial charge in [0.15, 0.2) is 5.82 Å². The third-order valence-corrected chi connectivity index (χ3v) is 3.17. The molecule has 2 aromatic rings. The van der Waals surface area contributed by atoms with Crippen molar-refractivity contribution in [3.63, 3.8) is 0 Å². The Morgan fingerprint density at radius 2 is 1.90 bits per heavy atom. The van der Waals surface area contributed by atoms with Crippen molar-refractivity contribution >= 4 is 29.0 Å². The maximum absolute atomic E-state index is 13.7. The minimum atomic E-state index is -0.666. The van der Waals surface area contributed by atoms with Crippen molar-refractivity contribution < 1.29 is 13.9 Å². The number of aryl methyl sites for hydroxylation is 1. The van der Waals surface area contributed by atoms with Gasteiger partial charge in [0.05, 0.1) is 17.8 Å². The molecule has 2 N–H and O–H groups in total. The van der Waals surface area contributed by atoms with Gasteiger partial charge in [-0.15, -0.1) is 0 Å². The number of methoxy groups -OCH3 is 1. The van der Waals surface area contributed by atoms with Gasteiger partial charge in [0, 0.05) is 5.69 Å². The Hall–Kier alpha value is -2.27. The van der Waals surface area contributed by atoms with Crippen molar-refractivity contribution in [2.45, 2.75) is 6.92 Å². The number of urea groups is 1. The molecule has 6 heteroatoms. The van der Waals surface area contributed by atoms with E-state index in [-0.39, 0.29) is 10.7 Å². The molecule has 2 amide bonds. The molecule has 0 spiro atoms. The molecule has 0 aliphatic rings. The summed E-state index contributed by atoms with van der Waals surface area (Å²) in [6.07, 6.45) is 0. The molecular formula is C15H14ClFN2O2. The van der Waals surface area contributed by atoms with Crippen molar-refractivity contribution in [1.82, 2.24) is 0 Å². The number of carbonyl (C=O) groups excluding carboxylic acids is 1. The van der Waals surface area contributed by atoms with Gasteiger partial charge in [0.2, 0.25) is 0 Å². The third kappa shape index (κ3) is 3.64. The van der Waals surface area contributed by atoms with Crippen LogP contribution in [0.15, 0.2) is 36.4 Å². The minimum absolute atomic E-state index is 0.0196. The Kier molecular flexibility index (Phi) is 4.65. The van der Waals surface area contributed by atoms with E-state index >= 15 is 0 Å². The molecule has 0 aliphatic heterocycles. The number of carbonyl (C=O) groups is 1. The maximum atomic E-state index is 13.7. The van der Waals surface area contributed by atoms with Gasteiger partial charge in [-0.1, -0.05) is 17.7 Å². The van der Waals surface area contributed by atoms with Crippen LogP contribution in [0, 0.1) is 12.7 Å². The number of rotatable bonds is 3. The van der Waals surface area contributed by atoms with E-state index in [0.29, 0.717) is 11.4 Å². The molecule has 0 saturated heterocycles. The number of amides is 2. The van der Waals surface area contributed by atoms with Crippen LogP contribution in [0.3, 0.4) is 0 Å². The summed E-state index contributed by atoms with van der Waals surface area (Å²) >= 11 is 5.66. The van der Waals surface area contributed by atoms with Crippen LogP contribution in [0.5, 0.6) is 5.75 Å². The zero-order chi connectivity index (χ0) is 15.4. The largest absolute Gasteiger partial charge is 0.497 e. The van der Waals surface area contributed by atoms with E-state index in [0.717, 1.165) is 5.56 Å². The lowest BCUT2D eigenvalue weighted by Crippen LogP contribution is -2.20. The first-order chi connectivity index (χ1) is 10.0. The summed E-state index contributed by atoms with van der Waals surface area (Å²) < 4.78 is 18.8. The first kappa shape index (κ1) is 15.1. The van der Waals surface area contributed by atoms with E-state index in [2.05, 4.69) is 10.6 Å². The van der Waals surface area contributed by atoms with Crippen molar-refractivity contribution in [3.05, 3.63) is 52.8 Å². The summed E-state index contributed by atoms with van der Waals surface area (Å²) in [7, 11) is 1.57.